The van der Waals surface area contributed by atoms with E-state index in [1.807, 2.05) is 13.8 Å². The van der Waals surface area contributed by atoms with E-state index in [1.165, 1.54) is 4.68 Å². The number of rotatable bonds is 5. The summed E-state index contributed by atoms with van der Waals surface area (Å²) in [5.41, 5.74) is 2.68. The first kappa shape index (κ1) is 16.8. The molecule has 0 bridgehead atoms. The maximum Gasteiger partial charge on any atom is 0.284 e. The van der Waals surface area contributed by atoms with E-state index in [4.69, 9.17) is 16.3 Å². The third-order valence-corrected chi connectivity index (χ3v) is 4.13. The van der Waals surface area contributed by atoms with Crippen molar-refractivity contribution in [3.8, 4) is 5.75 Å². The summed E-state index contributed by atoms with van der Waals surface area (Å²) in [6.07, 6.45) is 2.49. The van der Waals surface area contributed by atoms with Gasteiger partial charge in [-0.1, -0.05) is 17.7 Å². The number of nitrogens with zero attached hydrogens (tertiary/aromatic N) is 2. The van der Waals surface area contributed by atoms with Crippen LogP contribution < -0.4 is 4.74 Å². The Hall–Kier alpha value is -1.59. The molecule has 6 heteroatoms. The molecule has 2 rings (SSSR count). The van der Waals surface area contributed by atoms with Crippen molar-refractivity contribution in [1.29, 1.82) is 0 Å². The third kappa shape index (κ3) is 3.59. The average molecular weight is 384 g/mol. The number of aryl methyl sites for hydroxylation is 1. The fourth-order valence-corrected chi connectivity index (χ4v) is 2.95. The Bertz CT molecular complexity index is 725. The molecule has 0 saturated heterocycles. The van der Waals surface area contributed by atoms with Crippen LogP contribution in [-0.2, 0) is 6.42 Å². The number of hydrogen-bond donors (Lipinski definition) is 0. The molecular formula is C16H16BrClN2O2. The lowest BCUT2D eigenvalue weighted by molar-refractivity contribution is 0.0817. The Morgan fingerprint density at radius 1 is 1.50 bits per heavy atom. The van der Waals surface area contributed by atoms with Crippen LogP contribution in [0.25, 0.3) is 0 Å². The molecule has 0 unspecified atom stereocenters. The molecule has 22 heavy (non-hydrogen) atoms. The highest BCUT2D eigenvalue weighted by Gasteiger charge is 2.16. The molecule has 4 nitrogen and oxygen atoms in total. The van der Waals surface area contributed by atoms with Crippen LogP contribution in [0.4, 0.5) is 0 Å². The molecule has 0 aliphatic heterocycles. The molecular weight excluding hydrogens is 368 g/mol. The molecule has 0 saturated carbocycles. The van der Waals surface area contributed by atoms with Crippen molar-refractivity contribution in [2.45, 2.75) is 20.3 Å². The standard InChI is InChI=1S/C16H16BrClN2O2/c1-4-5-13-10(2)19-20(11(13)3)16(21)9-22-15-7-6-12(18)8-14(15)17/h4,6-8H,1,5,9H2,2-3H3. The van der Waals surface area contributed by atoms with Gasteiger partial charge in [0.15, 0.2) is 6.61 Å². The molecule has 0 atom stereocenters. The topological polar surface area (TPSA) is 44.1 Å². The predicted molar refractivity (Wildman–Crippen MR) is 90.9 cm³/mol. The number of ether oxygens (including phenoxy) is 1. The zero-order chi connectivity index (χ0) is 16.3. The van der Waals surface area contributed by atoms with Crippen LogP contribution in [0.2, 0.25) is 5.02 Å². The summed E-state index contributed by atoms with van der Waals surface area (Å²) >= 11 is 9.22. The summed E-state index contributed by atoms with van der Waals surface area (Å²) in [5.74, 6) is 0.336. The Labute approximate surface area is 142 Å². The molecule has 0 N–H and O–H groups in total. The molecule has 0 radical (unpaired) electrons. The van der Waals surface area contributed by atoms with Gasteiger partial charge in [-0.15, -0.1) is 6.58 Å². The molecule has 1 aromatic carbocycles. The Balaban J connectivity index is 2.13. The van der Waals surface area contributed by atoms with Crippen LogP contribution in [0, 0.1) is 13.8 Å². The minimum absolute atomic E-state index is 0.101. The van der Waals surface area contributed by atoms with Crippen LogP contribution in [0.5, 0.6) is 5.75 Å². The minimum Gasteiger partial charge on any atom is -0.482 e. The molecule has 2 aromatic rings. The summed E-state index contributed by atoms with van der Waals surface area (Å²) in [5, 5.41) is 4.88. The van der Waals surface area contributed by atoms with Gasteiger partial charge < -0.3 is 4.74 Å². The van der Waals surface area contributed by atoms with Gasteiger partial charge in [-0.3, -0.25) is 4.79 Å². The predicted octanol–water partition coefficient (Wildman–Crippen LogP) is 4.36. The zero-order valence-electron chi connectivity index (χ0n) is 12.4. The second-order valence-corrected chi connectivity index (χ2v) is 6.10. The van der Waals surface area contributed by atoms with Gasteiger partial charge in [0.2, 0.25) is 0 Å². The van der Waals surface area contributed by atoms with Gasteiger partial charge >= 0.3 is 0 Å². The van der Waals surface area contributed by atoms with Gasteiger partial charge in [-0.2, -0.15) is 5.10 Å². The molecule has 1 aromatic heterocycles. The van der Waals surface area contributed by atoms with E-state index in [0.717, 1.165) is 17.0 Å². The fraction of sp³-hybridized carbons (Fsp3) is 0.250. The van der Waals surface area contributed by atoms with Crippen LogP contribution >= 0.6 is 27.5 Å². The van der Waals surface area contributed by atoms with Crippen LogP contribution in [-0.4, -0.2) is 22.3 Å². The van der Waals surface area contributed by atoms with E-state index in [0.29, 0.717) is 21.7 Å². The Kier molecular flexibility index (Phi) is 5.42. The monoisotopic (exact) mass is 382 g/mol. The van der Waals surface area contributed by atoms with Crippen molar-refractivity contribution < 1.29 is 9.53 Å². The molecule has 0 fully saturated rings. The number of allylic oxidation sites excluding steroid dienone is 1. The lowest BCUT2D eigenvalue weighted by Gasteiger charge is -2.08. The highest BCUT2D eigenvalue weighted by atomic mass is 79.9. The SMILES string of the molecule is C=CCc1c(C)nn(C(=O)COc2ccc(Cl)cc2Br)c1C. The van der Waals surface area contributed by atoms with Crippen molar-refractivity contribution >= 4 is 33.4 Å². The molecule has 0 amide bonds. The first-order valence-electron chi connectivity index (χ1n) is 6.71. The van der Waals surface area contributed by atoms with Gasteiger partial charge in [-0.25, -0.2) is 4.68 Å². The number of carbonyl (C=O) groups is 1. The van der Waals surface area contributed by atoms with Crippen molar-refractivity contribution in [2.24, 2.45) is 0 Å². The number of aromatic nitrogens is 2. The van der Waals surface area contributed by atoms with E-state index in [9.17, 15) is 4.79 Å². The van der Waals surface area contributed by atoms with Crippen molar-refractivity contribution in [3.63, 3.8) is 0 Å². The number of benzene rings is 1. The third-order valence-electron chi connectivity index (χ3n) is 3.27. The van der Waals surface area contributed by atoms with Gasteiger partial charge in [0, 0.05) is 16.3 Å². The minimum atomic E-state index is -0.224. The first-order chi connectivity index (χ1) is 10.4. The smallest absolute Gasteiger partial charge is 0.284 e. The van der Waals surface area contributed by atoms with Crippen molar-refractivity contribution in [1.82, 2.24) is 9.78 Å². The summed E-state index contributed by atoms with van der Waals surface area (Å²) in [4.78, 5) is 12.3. The summed E-state index contributed by atoms with van der Waals surface area (Å²) in [6, 6.07) is 5.13. The van der Waals surface area contributed by atoms with Gasteiger partial charge in [0.05, 0.1) is 10.2 Å². The van der Waals surface area contributed by atoms with Crippen molar-refractivity contribution in [3.05, 3.63) is 57.3 Å². The van der Waals surface area contributed by atoms with E-state index < -0.39 is 0 Å². The van der Waals surface area contributed by atoms with E-state index >= 15 is 0 Å². The lowest BCUT2D eigenvalue weighted by atomic mass is 10.1. The number of carbonyl (C=O) groups excluding carboxylic acids is 1. The van der Waals surface area contributed by atoms with E-state index in [1.54, 1.807) is 24.3 Å². The van der Waals surface area contributed by atoms with Crippen LogP contribution in [0.1, 0.15) is 21.7 Å². The second-order valence-electron chi connectivity index (χ2n) is 4.81. The normalized spacial score (nSPS) is 10.5. The highest BCUT2D eigenvalue weighted by molar-refractivity contribution is 9.10. The number of hydrogen-bond acceptors (Lipinski definition) is 3. The molecule has 0 spiro atoms. The second kappa shape index (κ2) is 7.11. The molecule has 0 aliphatic rings. The number of halogens is 2. The van der Waals surface area contributed by atoms with Gasteiger partial charge in [0.1, 0.15) is 5.75 Å². The van der Waals surface area contributed by atoms with E-state index in [2.05, 4.69) is 27.6 Å². The Morgan fingerprint density at radius 2 is 2.23 bits per heavy atom. The first-order valence-corrected chi connectivity index (χ1v) is 7.88. The largest absolute Gasteiger partial charge is 0.482 e. The molecule has 1 heterocycles. The van der Waals surface area contributed by atoms with Crippen molar-refractivity contribution in [2.75, 3.05) is 6.61 Å². The maximum atomic E-state index is 12.3. The fourth-order valence-electron chi connectivity index (χ4n) is 2.15. The lowest BCUT2D eigenvalue weighted by Crippen LogP contribution is -2.22. The summed E-state index contributed by atoms with van der Waals surface area (Å²) in [7, 11) is 0. The van der Waals surface area contributed by atoms with Crippen LogP contribution in [0.15, 0.2) is 35.3 Å². The summed E-state index contributed by atoms with van der Waals surface area (Å²) < 4.78 is 7.63. The quantitative estimate of drug-likeness (QED) is 0.720. The average Bonchev–Trinajstić information content (AvgIpc) is 2.74. The van der Waals surface area contributed by atoms with Gasteiger partial charge in [-0.05, 0) is 54.4 Å². The Morgan fingerprint density at radius 3 is 2.86 bits per heavy atom. The molecule has 0 aliphatic carbocycles. The van der Waals surface area contributed by atoms with E-state index in [-0.39, 0.29) is 12.5 Å². The zero-order valence-corrected chi connectivity index (χ0v) is 14.7. The van der Waals surface area contributed by atoms with Crippen LogP contribution in [0.3, 0.4) is 0 Å². The molecule has 116 valence electrons. The van der Waals surface area contributed by atoms with Gasteiger partial charge in [0.25, 0.3) is 5.91 Å². The highest BCUT2D eigenvalue weighted by Crippen LogP contribution is 2.28. The maximum absolute atomic E-state index is 12.3. The summed E-state index contributed by atoms with van der Waals surface area (Å²) in [6.45, 7) is 7.37.